The van der Waals surface area contributed by atoms with Crippen molar-refractivity contribution >= 4 is 28.2 Å². The summed E-state index contributed by atoms with van der Waals surface area (Å²) >= 11 is 0. The maximum atomic E-state index is 13.3. The van der Waals surface area contributed by atoms with Crippen LogP contribution in [0, 0.1) is 6.57 Å². The number of nitrogens with zero attached hydrogens (tertiary/aromatic N) is 4. The van der Waals surface area contributed by atoms with E-state index in [4.69, 9.17) is 6.57 Å². The lowest BCUT2D eigenvalue weighted by molar-refractivity contribution is 0.0786. The highest BCUT2D eigenvalue weighted by molar-refractivity contribution is 6.11. The number of aromatic nitrogens is 1. The lowest BCUT2D eigenvalue weighted by Gasteiger charge is -2.22. The van der Waals surface area contributed by atoms with Crippen LogP contribution in [0.25, 0.3) is 15.6 Å². The lowest BCUT2D eigenvalue weighted by Crippen LogP contribution is -2.34. The molecule has 1 aromatic heterocycles. The predicted octanol–water partition coefficient (Wildman–Crippen LogP) is 4.15. The summed E-state index contributed by atoms with van der Waals surface area (Å²) in [5.41, 5.74) is 0.985. The van der Waals surface area contributed by atoms with Crippen LogP contribution in [0.2, 0.25) is 0 Å². The second-order valence-corrected chi connectivity index (χ2v) is 7.36. The molecule has 1 N–H and O–H groups in total. The quantitative estimate of drug-likeness (QED) is 0.703. The molecule has 0 spiro atoms. The topological polar surface area (TPSA) is 61.0 Å². The van der Waals surface area contributed by atoms with Gasteiger partial charge in [-0.2, -0.15) is 0 Å². The average Bonchev–Trinajstić information content (AvgIpc) is 3.03. The summed E-state index contributed by atoms with van der Waals surface area (Å²) in [6.07, 6.45) is 2.73. The Morgan fingerprint density at radius 1 is 1.18 bits per heavy atom. The van der Waals surface area contributed by atoms with Gasteiger partial charge in [-0.15, -0.1) is 0 Å². The van der Waals surface area contributed by atoms with Crippen molar-refractivity contribution in [2.45, 2.75) is 25.6 Å². The first-order valence-corrected chi connectivity index (χ1v) is 9.03. The third-order valence-corrected chi connectivity index (χ3v) is 5.00. The summed E-state index contributed by atoms with van der Waals surface area (Å²) < 4.78 is 0. The van der Waals surface area contributed by atoms with Crippen molar-refractivity contribution < 1.29 is 9.90 Å². The highest BCUT2D eigenvalue weighted by Crippen LogP contribution is 2.34. The maximum absolute atomic E-state index is 13.3. The summed E-state index contributed by atoms with van der Waals surface area (Å²) in [7, 11) is 0. The summed E-state index contributed by atoms with van der Waals surface area (Å²) in [5, 5.41) is 12.1. The molecule has 6 heteroatoms. The van der Waals surface area contributed by atoms with Gasteiger partial charge in [0, 0.05) is 22.7 Å². The van der Waals surface area contributed by atoms with Gasteiger partial charge in [0.05, 0.1) is 17.5 Å². The largest absolute Gasteiger partial charge is 0.386 e. The van der Waals surface area contributed by atoms with E-state index in [1.807, 2.05) is 42.5 Å². The second-order valence-electron chi connectivity index (χ2n) is 7.36. The van der Waals surface area contributed by atoms with Crippen molar-refractivity contribution in [1.29, 1.82) is 0 Å². The Balaban J connectivity index is 1.78. The van der Waals surface area contributed by atoms with Crippen LogP contribution in [-0.4, -0.2) is 28.8 Å². The number of benzene rings is 2. The zero-order chi connectivity index (χ0) is 19.9. The van der Waals surface area contributed by atoms with Gasteiger partial charge in [-0.3, -0.25) is 14.7 Å². The molecule has 1 atom stereocenters. The van der Waals surface area contributed by atoms with Gasteiger partial charge >= 0.3 is 12.2 Å². The van der Waals surface area contributed by atoms with E-state index in [2.05, 4.69) is 9.83 Å². The number of aliphatic hydroxyl groups is 1. The summed E-state index contributed by atoms with van der Waals surface area (Å²) in [4.78, 5) is 24.3. The summed E-state index contributed by atoms with van der Waals surface area (Å²) in [6.45, 7) is 11.3. The minimum atomic E-state index is -1.02. The fraction of sp³-hybridized carbons (Fsp3) is 0.227. The fourth-order valence-electron chi connectivity index (χ4n) is 3.51. The van der Waals surface area contributed by atoms with Crippen LogP contribution in [0.3, 0.4) is 0 Å². The molecular weight excluding hydrogens is 352 g/mol. The molecule has 3 aromatic rings. The normalized spacial score (nSPS) is 17.2. The number of carbonyl (C=O) groups excluding carboxylic acids is 1. The van der Waals surface area contributed by atoms with Crippen molar-refractivity contribution in [2.24, 2.45) is 0 Å². The van der Waals surface area contributed by atoms with E-state index in [1.54, 1.807) is 37.2 Å². The van der Waals surface area contributed by atoms with Gasteiger partial charge in [0.2, 0.25) is 0 Å². The minimum Gasteiger partial charge on any atom is -0.386 e. The second kappa shape index (κ2) is 6.63. The van der Waals surface area contributed by atoms with E-state index < -0.39 is 11.8 Å². The van der Waals surface area contributed by atoms with E-state index in [9.17, 15) is 9.90 Å². The van der Waals surface area contributed by atoms with Gasteiger partial charge in [0.1, 0.15) is 6.54 Å². The monoisotopic (exact) mass is 372 g/mol. The smallest absolute Gasteiger partial charge is 0.335 e. The van der Waals surface area contributed by atoms with Crippen molar-refractivity contribution in [2.75, 3.05) is 16.3 Å². The Hall–Kier alpha value is -3.43. The Morgan fingerprint density at radius 3 is 2.71 bits per heavy atom. The molecule has 28 heavy (non-hydrogen) atoms. The van der Waals surface area contributed by atoms with Gasteiger partial charge in [0.15, 0.2) is 0 Å². The number of urea groups is 1. The molecule has 1 fully saturated rings. The molecule has 0 saturated carbocycles. The van der Waals surface area contributed by atoms with Crippen LogP contribution in [0.4, 0.5) is 16.2 Å². The van der Waals surface area contributed by atoms with Crippen molar-refractivity contribution in [3.63, 3.8) is 0 Å². The number of hydrogen-bond acceptors (Lipinski definition) is 3. The zero-order valence-electron chi connectivity index (χ0n) is 15.7. The third kappa shape index (κ3) is 2.96. The zero-order valence-corrected chi connectivity index (χ0v) is 15.7. The number of carbonyl (C=O) groups is 1. The first-order chi connectivity index (χ1) is 13.4. The van der Waals surface area contributed by atoms with Crippen LogP contribution < -0.4 is 9.80 Å². The van der Waals surface area contributed by atoms with Crippen LogP contribution in [0.15, 0.2) is 60.9 Å². The number of pyridine rings is 1. The molecule has 4 rings (SSSR count). The number of fused-ring (bicyclic) bond motifs is 1. The highest BCUT2D eigenvalue weighted by Gasteiger charge is 2.44. The standard InChI is InChI=1S/C22H20N4O2/c1-22(2,28)16-8-6-9-17(11-16)25-14-20(23-3)26(21(25)27)19-13-24-12-15-7-4-5-10-18(15)19/h4-13,20,28H,14H2,1-2H3/t20-/m0/s1. The molecule has 1 aliphatic rings. The molecule has 2 heterocycles. The Bertz CT molecular complexity index is 1090. The van der Waals surface area contributed by atoms with Crippen molar-refractivity contribution in [3.8, 4) is 0 Å². The molecule has 2 aromatic carbocycles. The van der Waals surface area contributed by atoms with E-state index in [0.717, 1.165) is 10.8 Å². The average molecular weight is 372 g/mol. The fourth-order valence-corrected chi connectivity index (χ4v) is 3.51. The van der Waals surface area contributed by atoms with Crippen LogP contribution in [-0.2, 0) is 5.60 Å². The van der Waals surface area contributed by atoms with E-state index in [0.29, 0.717) is 16.9 Å². The van der Waals surface area contributed by atoms with Gasteiger partial charge in [-0.05, 0) is 31.5 Å². The minimum absolute atomic E-state index is 0.251. The molecule has 0 unspecified atom stereocenters. The first-order valence-electron chi connectivity index (χ1n) is 9.03. The lowest BCUT2D eigenvalue weighted by atomic mass is 9.98. The van der Waals surface area contributed by atoms with Gasteiger partial charge in [-0.1, -0.05) is 36.4 Å². The van der Waals surface area contributed by atoms with Gasteiger partial charge < -0.3 is 5.11 Å². The number of amides is 2. The Kier molecular flexibility index (Phi) is 4.25. The maximum Gasteiger partial charge on any atom is 0.335 e. The molecule has 140 valence electrons. The Labute approximate surface area is 163 Å². The molecule has 2 amide bonds. The van der Waals surface area contributed by atoms with E-state index in [1.165, 1.54) is 4.90 Å². The summed E-state index contributed by atoms with van der Waals surface area (Å²) in [6, 6.07) is 14.7. The first kappa shape index (κ1) is 18.0. The molecule has 0 aliphatic carbocycles. The predicted molar refractivity (Wildman–Crippen MR) is 109 cm³/mol. The Morgan fingerprint density at radius 2 is 1.96 bits per heavy atom. The van der Waals surface area contributed by atoms with Crippen molar-refractivity contribution in [1.82, 2.24) is 4.98 Å². The number of anilines is 2. The molecule has 0 radical (unpaired) electrons. The van der Waals surface area contributed by atoms with Crippen LogP contribution in [0.1, 0.15) is 19.4 Å². The van der Waals surface area contributed by atoms with Crippen molar-refractivity contribution in [3.05, 3.63) is 77.9 Å². The van der Waals surface area contributed by atoms with Crippen LogP contribution in [0.5, 0.6) is 0 Å². The van der Waals surface area contributed by atoms with Crippen LogP contribution >= 0.6 is 0 Å². The molecular formula is C22H20N4O2. The molecule has 6 nitrogen and oxygen atoms in total. The molecule has 1 aliphatic heterocycles. The number of hydrogen-bond donors (Lipinski definition) is 1. The van der Waals surface area contributed by atoms with E-state index >= 15 is 0 Å². The van der Waals surface area contributed by atoms with Gasteiger partial charge in [0.25, 0.3) is 0 Å². The van der Waals surface area contributed by atoms with E-state index in [-0.39, 0.29) is 12.6 Å². The SMILES string of the molecule is [C-]#[N+][C@@H]1CN(c2cccc(C(C)(C)O)c2)C(=O)N1c1cncc2ccccc12. The third-order valence-electron chi connectivity index (χ3n) is 5.00. The molecule has 1 saturated heterocycles. The highest BCUT2D eigenvalue weighted by atomic mass is 16.3. The van der Waals surface area contributed by atoms with Gasteiger partial charge in [-0.25, -0.2) is 16.3 Å². The number of rotatable bonds is 3. The molecule has 0 bridgehead atoms. The summed E-state index contributed by atoms with van der Waals surface area (Å²) in [5.74, 6) is 0.